The van der Waals surface area contributed by atoms with E-state index in [0.717, 1.165) is 50.3 Å². The molecule has 0 N–H and O–H groups in total. The topological polar surface area (TPSA) is 43.9 Å². The average Bonchev–Trinajstić information content (AvgIpc) is 3.20. The summed E-state index contributed by atoms with van der Waals surface area (Å²) in [5.41, 5.74) is 2.49. The molecule has 1 saturated carbocycles. The molecule has 0 spiro atoms. The molecule has 2 amide bonds. The fourth-order valence-electron chi connectivity index (χ4n) is 5.84. The molecule has 1 saturated heterocycles. The number of benzene rings is 1. The Morgan fingerprint density at radius 3 is 2.41 bits per heavy atom. The van der Waals surface area contributed by atoms with Crippen molar-refractivity contribution in [2.75, 3.05) is 39.3 Å². The highest BCUT2D eigenvalue weighted by molar-refractivity contribution is 7.10. The molecule has 1 aliphatic carbocycles. The predicted molar refractivity (Wildman–Crippen MR) is 137 cm³/mol. The van der Waals surface area contributed by atoms with E-state index in [4.69, 9.17) is 11.6 Å². The lowest BCUT2D eigenvalue weighted by molar-refractivity contribution is -0.137. The standard InChI is InChI=1S/C27H34ClN3O2S/c28-22-9-7-20(8-10-22)26-23-12-18-34-24(23)11-15-31(26)19-25(32)29-13-4-14-30(17-16-29)27(33)21-5-2-1-3-6-21/h7-10,12,18,21,26H,1-6,11,13-17,19H2/t26-/m1/s1. The van der Waals surface area contributed by atoms with Crippen LogP contribution in [0.25, 0.3) is 0 Å². The molecule has 0 unspecified atom stereocenters. The molecule has 3 heterocycles. The van der Waals surface area contributed by atoms with Gasteiger partial charge in [0, 0.05) is 48.5 Å². The summed E-state index contributed by atoms with van der Waals surface area (Å²) in [4.78, 5) is 34.2. The molecule has 2 aromatic rings. The number of thiophene rings is 1. The van der Waals surface area contributed by atoms with Crippen LogP contribution in [0.5, 0.6) is 0 Å². The lowest BCUT2D eigenvalue weighted by atomic mass is 9.88. The first kappa shape index (κ1) is 23.8. The van der Waals surface area contributed by atoms with Gasteiger partial charge < -0.3 is 9.80 Å². The van der Waals surface area contributed by atoms with E-state index in [2.05, 4.69) is 28.5 Å². The highest BCUT2D eigenvalue weighted by atomic mass is 35.5. The van der Waals surface area contributed by atoms with Crippen LogP contribution < -0.4 is 0 Å². The third-order valence-electron chi connectivity index (χ3n) is 7.70. The fourth-order valence-corrected chi connectivity index (χ4v) is 6.87. The minimum Gasteiger partial charge on any atom is -0.341 e. The van der Waals surface area contributed by atoms with Gasteiger partial charge in [0.2, 0.25) is 11.8 Å². The zero-order valence-electron chi connectivity index (χ0n) is 19.8. The van der Waals surface area contributed by atoms with Gasteiger partial charge in [-0.1, -0.05) is 43.0 Å². The Balaban J connectivity index is 1.25. The summed E-state index contributed by atoms with van der Waals surface area (Å²) in [6.45, 7) is 4.08. The second-order valence-corrected chi connectivity index (χ2v) is 11.3. The van der Waals surface area contributed by atoms with Crippen LogP contribution in [0.4, 0.5) is 0 Å². The Bertz CT molecular complexity index is 1000. The maximum Gasteiger partial charge on any atom is 0.236 e. The van der Waals surface area contributed by atoms with E-state index in [1.807, 2.05) is 33.3 Å². The molecule has 1 aromatic carbocycles. The summed E-state index contributed by atoms with van der Waals surface area (Å²) in [6.07, 6.45) is 7.50. The van der Waals surface area contributed by atoms with Gasteiger partial charge in [0.1, 0.15) is 0 Å². The number of carbonyl (C=O) groups excluding carboxylic acids is 2. The summed E-state index contributed by atoms with van der Waals surface area (Å²) < 4.78 is 0. The third-order valence-corrected chi connectivity index (χ3v) is 8.95. The largest absolute Gasteiger partial charge is 0.341 e. The van der Waals surface area contributed by atoms with E-state index in [9.17, 15) is 9.59 Å². The van der Waals surface area contributed by atoms with Gasteiger partial charge in [-0.25, -0.2) is 0 Å². The first-order valence-corrected chi connectivity index (χ1v) is 14.0. The van der Waals surface area contributed by atoms with Crippen molar-refractivity contribution in [1.82, 2.24) is 14.7 Å². The van der Waals surface area contributed by atoms with Crippen LogP contribution in [-0.4, -0.2) is 65.8 Å². The number of carbonyl (C=O) groups is 2. The van der Waals surface area contributed by atoms with Crippen LogP contribution in [0.1, 0.15) is 60.6 Å². The molecule has 0 radical (unpaired) electrons. The molecule has 1 aromatic heterocycles. The molecule has 34 heavy (non-hydrogen) atoms. The SMILES string of the molecule is O=C(CN1CCc2sccc2[C@H]1c1ccc(Cl)cc1)N1CCCN(C(=O)C2CCCCC2)CC1. The van der Waals surface area contributed by atoms with Gasteiger partial charge >= 0.3 is 0 Å². The number of hydrogen-bond acceptors (Lipinski definition) is 4. The van der Waals surface area contributed by atoms with E-state index in [1.54, 1.807) is 0 Å². The summed E-state index contributed by atoms with van der Waals surface area (Å²) >= 11 is 7.96. The predicted octanol–water partition coefficient (Wildman–Crippen LogP) is 4.99. The van der Waals surface area contributed by atoms with E-state index in [-0.39, 0.29) is 17.9 Å². The molecule has 7 heteroatoms. The second kappa shape index (κ2) is 10.8. The number of hydrogen-bond donors (Lipinski definition) is 0. The maximum absolute atomic E-state index is 13.4. The van der Waals surface area contributed by atoms with Crippen molar-refractivity contribution in [1.29, 1.82) is 0 Å². The normalized spacial score (nSPS) is 22.3. The Kier molecular flexibility index (Phi) is 7.57. The Hall–Kier alpha value is -1.89. The minimum absolute atomic E-state index is 0.0765. The summed E-state index contributed by atoms with van der Waals surface area (Å²) in [5, 5.41) is 2.88. The van der Waals surface area contributed by atoms with E-state index < -0.39 is 0 Å². The number of rotatable bonds is 4. The highest BCUT2D eigenvalue weighted by Gasteiger charge is 2.33. The number of nitrogens with zero attached hydrogens (tertiary/aromatic N) is 3. The van der Waals surface area contributed by atoms with Crippen LogP contribution in [0.2, 0.25) is 5.02 Å². The van der Waals surface area contributed by atoms with Gasteiger partial charge in [-0.2, -0.15) is 0 Å². The zero-order valence-corrected chi connectivity index (χ0v) is 21.3. The van der Waals surface area contributed by atoms with E-state index >= 15 is 0 Å². The molecular weight excluding hydrogens is 466 g/mol. The van der Waals surface area contributed by atoms with Crippen LogP contribution in [0.15, 0.2) is 35.7 Å². The first-order chi connectivity index (χ1) is 16.6. The Labute approximate surface area is 211 Å². The van der Waals surface area contributed by atoms with Crippen molar-refractivity contribution in [2.24, 2.45) is 5.92 Å². The number of fused-ring (bicyclic) bond motifs is 1. The van der Waals surface area contributed by atoms with Crippen molar-refractivity contribution < 1.29 is 9.59 Å². The van der Waals surface area contributed by atoms with E-state index in [0.29, 0.717) is 25.5 Å². The van der Waals surface area contributed by atoms with Crippen molar-refractivity contribution in [3.05, 3.63) is 56.7 Å². The van der Waals surface area contributed by atoms with Crippen molar-refractivity contribution in [2.45, 2.75) is 51.0 Å². The van der Waals surface area contributed by atoms with Crippen LogP contribution in [-0.2, 0) is 16.0 Å². The van der Waals surface area contributed by atoms with Gasteiger partial charge in [-0.15, -0.1) is 11.3 Å². The smallest absolute Gasteiger partial charge is 0.236 e. The molecule has 2 aliphatic heterocycles. The molecule has 2 fully saturated rings. The number of halogens is 1. The second-order valence-electron chi connectivity index (χ2n) is 9.87. The molecule has 5 rings (SSSR count). The first-order valence-electron chi connectivity index (χ1n) is 12.7. The van der Waals surface area contributed by atoms with Gasteiger partial charge in [0.15, 0.2) is 0 Å². The lowest BCUT2D eigenvalue weighted by Gasteiger charge is -2.37. The lowest BCUT2D eigenvalue weighted by Crippen LogP contribution is -2.46. The Morgan fingerprint density at radius 1 is 0.882 bits per heavy atom. The van der Waals surface area contributed by atoms with Gasteiger partial charge in [0.25, 0.3) is 0 Å². The maximum atomic E-state index is 13.4. The summed E-state index contributed by atoms with van der Waals surface area (Å²) in [7, 11) is 0. The molecule has 1 atom stereocenters. The quantitative estimate of drug-likeness (QED) is 0.595. The zero-order chi connectivity index (χ0) is 23.5. The summed E-state index contributed by atoms with van der Waals surface area (Å²) in [5.74, 6) is 0.687. The fraction of sp³-hybridized carbons (Fsp3) is 0.556. The van der Waals surface area contributed by atoms with E-state index in [1.165, 1.54) is 35.3 Å². The monoisotopic (exact) mass is 499 g/mol. The van der Waals surface area contributed by atoms with Crippen LogP contribution >= 0.6 is 22.9 Å². The summed E-state index contributed by atoms with van der Waals surface area (Å²) in [6, 6.07) is 10.3. The Morgan fingerprint density at radius 2 is 1.62 bits per heavy atom. The number of amides is 2. The van der Waals surface area contributed by atoms with Crippen molar-refractivity contribution in [3.63, 3.8) is 0 Å². The molecule has 5 nitrogen and oxygen atoms in total. The molecule has 182 valence electrons. The van der Waals surface area contributed by atoms with Gasteiger partial charge in [0.05, 0.1) is 12.6 Å². The highest BCUT2D eigenvalue weighted by Crippen LogP contribution is 2.38. The third kappa shape index (κ3) is 5.19. The molecular formula is C27H34ClN3O2S. The van der Waals surface area contributed by atoms with Crippen LogP contribution in [0.3, 0.4) is 0 Å². The van der Waals surface area contributed by atoms with Crippen molar-refractivity contribution in [3.8, 4) is 0 Å². The minimum atomic E-state index is 0.0765. The molecule has 0 bridgehead atoms. The average molecular weight is 500 g/mol. The molecule has 3 aliphatic rings. The van der Waals surface area contributed by atoms with Crippen LogP contribution in [0, 0.1) is 5.92 Å². The van der Waals surface area contributed by atoms with Crippen molar-refractivity contribution >= 4 is 34.8 Å². The van der Waals surface area contributed by atoms with Gasteiger partial charge in [-0.3, -0.25) is 14.5 Å². The van der Waals surface area contributed by atoms with Gasteiger partial charge in [-0.05, 0) is 60.4 Å².